The van der Waals surface area contributed by atoms with Crippen LogP contribution in [-0.4, -0.2) is 24.6 Å². The third-order valence-electron chi connectivity index (χ3n) is 4.60. The van der Waals surface area contributed by atoms with Crippen molar-refractivity contribution < 1.29 is 0 Å². The van der Waals surface area contributed by atoms with Gasteiger partial charge in [-0.25, -0.2) is 14.5 Å². The minimum Gasteiger partial charge on any atom is -0.382 e. The van der Waals surface area contributed by atoms with Crippen molar-refractivity contribution in [2.45, 2.75) is 0 Å². The van der Waals surface area contributed by atoms with Crippen LogP contribution in [-0.2, 0) is 0 Å². The van der Waals surface area contributed by atoms with Gasteiger partial charge in [0.15, 0.2) is 11.5 Å². The van der Waals surface area contributed by atoms with Crippen molar-refractivity contribution >= 4 is 28.3 Å². The molecule has 0 amide bonds. The molecule has 134 valence electrons. The first-order valence-electron chi connectivity index (χ1n) is 8.55. The standard InChI is InChI=1S/C20H14N8/c21-10-12-16(11-6-2-1-3-7-11)28-20(26-17(12)22)15(18(23)27-28)19-24-13-8-4-5-9-14(13)25-19/h1-9H,(H2,22,26)(H2,23,27)(H,24,25). The number of nitrogens with zero attached hydrogens (tertiary/aromatic N) is 5. The van der Waals surface area contributed by atoms with E-state index in [0.717, 1.165) is 16.6 Å². The number of anilines is 2. The van der Waals surface area contributed by atoms with Gasteiger partial charge in [-0.2, -0.15) is 5.26 Å². The number of H-pyrrole nitrogens is 1. The summed E-state index contributed by atoms with van der Waals surface area (Å²) >= 11 is 0. The Labute approximate surface area is 159 Å². The van der Waals surface area contributed by atoms with Gasteiger partial charge in [-0.3, -0.25) is 0 Å². The van der Waals surface area contributed by atoms with Crippen molar-refractivity contribution in [1.82, 2.24) is 24.6 Å². The fourth-order valence-corrected chi connectivity index (χ4v) is 3.35. The second-order valence-electron chi connectivity index (χ2n) is 6.30. The number of nitrogens with one attached hydrogen (secondary N) is 1. The van der Waals surface area contributed by atoms with E-state index in [1.165, 1.54) is 0 Å². The van der Waals surface area contributed by atoms with E-state index >= 15 is 0 Å². The molecule has 0 atom stereocenters. The van der Waals surface area contributed by atoms with Gasteiger partial charge in [-0.1, -0.05) is 42.5 Å². The lowest BCUT2D eigenvalue weighted by Gasteiger charge is -2.09. The summed E-state index contributed by atoms with van der Waals surface area (Å²) in [5, 5.41) is 14.1. The monoisotopic (exact) mass is 366 g/mol. The van der Waals surface area contributed by atoms with E-state index in [1.54, 1.807) is 4.52 Å². The lowest BCUT2D eigenvalue weighted by atomic mass is 10.1. The van der Waals surface area contributed by atoms with E-state index in [1.807, 2.05) is 54.6 Å². The van der Waals surface area contributed by atoms with Gasteiger partial charge in [0.25, 0.3) is 0 Å². The maximum absolute atomic E-state index is 9.65. The van der Waals surface area contributed by atoms with E-state index < -0.39 is 0 Å². The molecule has 5 aromatic rings. The number of benzene rings is 2. The summed E-state index contributed by atoms with van der Waals surface area (Å²) < 4.78 is 1.56. The summed E-state index contributed by atoms with van der Waals surface area (Å²) in [5.74, 6) is 0.911. The van der Waals surface area contributed by atoms with Gasteiger partial charge >= 0.3 is 0 Å². The quantitative estimate of drug-likeness (QED) is 0.439. The second kappa shape index (κ2) is 5.82. The van der Waals surface area contributed by atoms with Crippen molar-refractivity contribution in [3.8, 4) is 28.7 Å². The zero-order chi connectivity index (χ0) is 19.3. The average molecular weight is 366 g/mol. The molecular formula is C20H14N8. The number of aromatic nitrogens is 5. The van der Waals surface area contributed by atoms with E-state index in [4.69, 9.17) is 11.5 Å². The molecule has 0 saturated carbocycles. The van der Waals surface area contributed by atoms with Crippen molar-refractivity contribution in [3.63, 3.8) is 0 Å². The molecule has 0 bridgehead atoms. The van der Waals surface area contributed by atoms with Crippen LogP contribution >= 0.6 is 0 Å². The highest BCUT2D eigenvalue weighted by Crippen LogP contribution is 2.34. The lowest BCUT2D eigenvalue weighted by Crippen LogP contribution is -2.05. The van der Waals surface area contributed by atoms with Crippen LogP contribution in [0, 0.1) is 11.3 Å². The number of nitriles is 1. The van der Waals surface area contributed by atoms with Crippen molar-refractivity contribution in [2.75, 3.05) is 11.5 Å². The Bertz CT molecular complexity index is 1360. The molecule has 0 fully saturated rings. The molecular weight excluding hydrogens is 352 g/mol. The Hall–Kier alpha value is -4.38. The average Bonchev–Trinajstić information content (AvgIpc) is 3.27. The van der Waals surface area contributed by atoms with Crippen molar-refractivity contribution in [1.29, 1.82) is 5.26 Å². The summed E-state index contributed by atoms with van der Waals surface area (Å²) in [6.45, 7) is 0. The molecule has 3 heterocycles. The first-order valence-corrected chi connectivity index (χ1v) is 8.55. The van der Waals surface area contributed by atoms with Gasteiger partial charge in [-0.15, -0.1) is 5.10 Å². The number of nitrogen functional groups attached to an aromatic ring is 2. The van der Waals surface area contributed by atoms with Crippen LogP contribution in [0.2, 0.25) is 0 Å². The Balaban J connectivity index is 1.87. The number of hydrogen-bond donors (Lipinski definition) is 3. The molecule has 28 heavy (non-hydrogen) atoms. The molecule has 8 nitrogen and oxygen atoms in total. The minimum absolute atomic E-state index is 0.117. The Kier molecular flexibility index (Phi) is 3.29. The first kappa shape index (κ1) is 15.8. The Morgan fingerprint density at radius 1 is 0.929 bits per heavy atom. The fourth-order valence-electron chi connectivity index (χ4n) is 3.35. The topological polar surface area (TPSA) is 135 Å². The van der Waals surface area contributed by atoms with Gasteiger partial charge in [-0.05, 0) is 12.1 Å². The zero-order valence-electron chi connectivity index (χ0n) is 14.6. The molecule has 0 aliphatic carbocycles. The second-order valence-corrected chi connectivity index (χ2v) is 6.30. The van der Waals surface area contributed by atoms with Crippen LogP contribution < -0.4 is 11.5 Å². The van der Waals surface area contributed by atoms with E-state index in [0.29, 0.717) is 22.7 Å². The molecule has 0 aliphatic rings. The van der Waals surface area contributed by atoms with Gasteiger partial charge in [0.2, 0.25) is 0 Å². The molecule has 2 aromatic carbocycles. The zero-order valence-corrected chi connectivity index (χ0v) is 14.6. The third-order valence-corrected chi connectivity index (χ3v) is 4.60. The minimum atomic E-state index is 0.117. The highest BCUT2D eigenvalue weighted by molar-refractivity contribution is 5.90. The largest absolute Gasteiger partial charge is 0.382 e. The summed E-state index contributed by atoms with van der Waals surface area (Å²) in [7, 11) is 0. The predicted octanol–water partition coefficient (Wildman–Crippen LogP) is 2.98. The van der Waals surface area contributed by atoms with E-state index in [9.17, 15) is 5.26 Å². The van der Waals surface area contributed by atoms with Crippen LogP contribution in [0.3, 0.4) is 0 Å². The number of aromatic amines is 1. The summed E-state index contributed by atoms with van der Waals surface area (Å²) in [6.07, 6.45) is 0. The first-order chi connectivity index (χ1) is 13.7. The number of imidazole rings is 1. The molecule has 0 radical (unpaired) electrons. The fraction of sp³-hybridized carbons (Fsp3) is 0. The summed E-state index contributed by atoms with van der Waals surface area (Å²) in [6, 6.07) is 19.2. The molecule has 0 unspecified atom stereocenters. The van der Waals surface area contributed by atoms with E-state index in [2.05, 4.69) is 26.1 Å². The Morgan fingerprint density at radius 2 is 1.68 bits per heavy atom. The van der Waals surface area contributed by atoms with Gasteiger partial charge in [0.1, 0.15) is 28.8 Å². The predicted molar refractivity (Wildman–Crippen MR) is 107 cm³/mol. The number of rotatable bonds is 2. The number of fused-ring (bicyclic) bond motifs is 2. The number of hydrogen-bond acceptors (Lipinski definition) is 6. The van der Waals surface area contributed by atoms with E-state index in [-0.39, 0.29) is 17.2 Å². The summed E-state index contributed by atoms with van der Waals surface area (Å²) in [4.78, 5) is 12.3. The number of para-hydroxylation sites is 2. The smallest absolute Gasteiger partial charge is 0.171 e. The van der Waals surface area contributed by atoms with Gasteiger partial charge in [0, 0.05) is 5.56 Å². The number of nitrogens with two attached hydrogens (primary N) is 2. The molecule has 8 heteroatoms. The van der Waals surface area contributed by atoms with Crippen molar-refractivity contribution in [2.24, 2.45) is 0 Å². The summed E-state index contributed by atoms with van der Waals surface area (Å²) in [5.41, 5.74) is 16.6. The van der Waals surface area contributed by atoms with Gasteiger partial charge < -0.3 is 16.5 Å². The third kappa shape index (κ3) is 2.20. The molecule has 0 spiro atoms. The molecule has 5 rings (SSSR count). The van der Waals surface area contributed by atoms with Gasteiger partial charge in [0.05, 0.1) is 16.7 Å². The maximum atomic E-state index is 9.65. The molecule has 3 aromatic heterocycles. The van der Waals surface area contributed by atoms with Crippen molar-refractivity contribution in [3.05, 3.63) is 60.2 Å². The van der Waals surface area contributed by atoms with Crippen LogP contribution in [0.5, 0.6) is 0 Å². The molecule has 0 saturated heterocycles. The molecule has 5 N–H and O–H groups in total. The molecule has 0 aliphatic heterocycles. The SMILES string of the molecule is N#Cc1c(N)nc2c(-c3nc4ccccc4[nH]3)c(N)nn2c1-c1ccccc1. The van der Waals surface area contributed by atoms with Crippen LogP contribution in [0.4, 0.5) is 11.6 Å². The maximum Gasteiger partial charge on any atom is 0.171 e. The Morgan fingerprint density at radius 3 is 2.43 bits per heavy atom. The van der Waals surface area contributed by atoms with Crippen LogP contribution in [0.1, 0.15) is 5.56 Å². The highest BCUT2D eigenvalue weighted by Gasteiger charge is 2.23. The highest BCUT2D eigenvalue weighted by atomic mass is 15.3. The van der Waals surface area contributed by atoms with Crippen LogP contribution in [0.15, 0.2) is 54.6 Å². The normalized spacial score (nSPS) is 11.1. The van der Waals surface area contributed by atoms with Crippen LogP contribution in [0.25, 0.3) is 39.3 Å². The lowest BCUT2D eigenvalue weighted by molar-refractivity contribution is 0.952.